The fourth-order valence-corrected chi connectivity index (χ4v) is 3.62. The maximum Gasteiger partial charge on any atom is 0.490 e. The van der Waals surface area contributed by atoms with Gasteiger partial charge in [-0.25, -0.2) is 4.79 Å². The number of carboxylic acid groups (broad SMARTS) is 1. The third-order valence-electron chi connectivity index (χ3n) is 5.18. The Morgan fingerprint density at radius 2 is 1.85 bits per heavy atom. The van der Waals surface area contributed by atoms with Crippen molar-refractivity contribution in [2.75, 3.05) is 33.4 Å². The molecule has 1 aliphatic rings. The van der Waals surface area contributed by atoms with Gasteiger partial charge in [0, 0.05) is 58.1 Å². The molecular weight excluding hydrogens is 439 g/mol. The van der Waals surface area contributed by atoms with Crippen molar-refractivity contribution in [3.63, 3.8) is 0 Å². The highest BCUT2D eigenvalue weighted by Gasteiger charge is 2.38. The molecule has 0 fully saturated rings. The molecule has 1 aromatic carbocycles. The number of aliphatic carboxylic acids is 1. The molecule has 1 amide bonds. The Kier molecular flexibility index (Phi) is 10.4. The zero-order valence-electron chi connectivity index (χ0n) is 18.6. The first-order valence-corrected chi connectivity index (χ1v) is 10.6. The number of fused-ring (bicyclic) bond motifs is 1. The van der Waals surface area contributed by atoms with E-state index in [9.17, 15) is 18.0 Å². The lowest BCUT2D eigenvalue weighted by Crippen LogP contribution is -2.34. The van der Waals surface area contributed by atoms with Gasteiger partial charge < -0.3 is 19.7 Å². The number of aromatic nitrogens is 1. The molecule has 2 heterocycles. The van der Waals surface area contributed by atoms with Gasteiger partial charge in [-0.3, -0.25) is 9.69 Å². The number of hydrogen-bond donors (Lipinski definition) is 2. The second-order valence-electron chi connectivity index (χ2n) is 7.84. The van der Waals surface area contributed by atoms with Crippen molar-refractivity contribution >= 4 is 11.9 Å². The maximum absolute atomic E-state index is 12.2. The number of carboxylic acids is 1. The number of rotatable bonds is 8. The molecule has 7 nitrogen and oxygen atoms in total. The molecule has 0 bridgehead atoms. The first-order valence-electron chi connectivity index (χ1n) is 10.6. The van der Waals surface area contributed by atoms with Gasteiger partial charge in [0.15, 0.2) is 0 Å². The first kappa shape index (κ1) is 26.4. The van der Waals surface area contributed by atoms with E-state index in [2.05, 4.69) is 63.4 Å². The van der Waals surface area contributed by atoms with Crippen LogP contribution in [0.4, 0.5) is 13.2 Å². The second-order valence-corrected chi connectivity index (χ2v) is 7.84. The minimum absolute atomic E-state index is 0.116. The van der Waals surface area contributed by atoms with Crippen molar-refractivity contribution in [1.29, 1.82) is 0 Å². The molecule has 1 aromatic heterocycles. The molecule has 2 aromatic rings. The van der Waals surface area contributed by atoms with Gasteiger partial charge in [0.2, 0.25) is 5.91 Å². The summed E-state index contributed by atoms with van der Waals surface area (Å²) in [5.41, 5.74) is 2.70. The fourth-order valence-electron chi connectivity index (χ4n) is 3.62. The molecule has 182 valence electrons. The predicted molar refractivity (Wildman–Crippen MR) is 117 cm³/mol. The molecule has 0 saturated heterocycles. The molecule has 1 aliphatic heterocycles. The van der Waals surface area contributed by atoms with E-state index in [1.165, 1.54) is 11.3 Å². The summed E-state index contributed by atoms with van der Waals surface area (Å²) >= 11 is 0. The largest absolute Gasteiger partial charge is 0.490 e. The number of halogens is 3. The van der Waals surface area contributed by atoms with Gasteiger partial charge in [0.25, 0.3) is 0 Å². The van der Waals surface area contributed by atoms with Crippen LogP contribution in [0, 0.1) is 5.92 Å². The summed E-state index contributed by atoms with van der Waals surface area (Å²) in [6.45, 7) is 4.95. The van der Waals surface area contributed by atoms with Crippen LogP contribution in [-0.4, -0.2) is 66.0 Å². The summed E-state index contributed by atoms with van der Waals surface area (Å²) < 4.78 is 39.0. The average molecular weight is 470 g/mol. The minimum atomic E-state index is -5.08. The van der Waals surface area contributed by atoms with Gasteiger partial charge in [-0.2, -0.15) is 13.2 Å². The van der Waals surface area contributed by atoms with Crippen LogP contribution in [0.25, 0.3) is 0 Å². The zero-order chi connectivity index (χ0) is 24.3. The molecule has 2 N–H and O–H groups in total. The number of benzene rings is 1. The Hall–Kier alpha value is -2.85. The quantitative estimate of drug-likeness (QED) is 0.581. The molecular formula is C23H30F3N3O4. The van der Waals surface area contributed by atoms with E-state index in [1.54, 1.807) is 7.11 Å². The van der Waals surface area contributed by atoms with Crippen molar-refractivity contribution in [2.45, 2.75) is 32.1 Å². The van der Waals surface area contributed by atoms with E-state index in [-0.39, 0.29) is 5.91 Å². The van der Waals surface area contributed by atoms with Crippen LogP contribution in [0.5, 0.6) is 0 Å². The number of nitrogens with one attached hydrogen (secondary N) is 1. The van der Waals surface area contributed by atoms with Crippen molar-refractivity contribution in [2.24, 2.45) is 5.92 Å². The van der Waals surface area contributed by atoms with Gasteiger partial charge in [-0.1, -0.05) is 30.3 Å². The number of ether oxygens (including phenoxy) is 1. The molecule has 10 heteroatoms. The summed E-state index contributed by atoms with van der Waals surface area (Å²) in [4.78, 5) is 23.6. The van der Waals surface area contributed by atoms with E-state index in [1.807, 2.05) is 0 Å². The van der Waals surface area contributed by atoms with Crippen molar-refractivity contribution < 1.29 is 32.6 Å². The molecule has 0 radical (unpaired) electrons. The highest BCUT2D eigenvalue weighted by atomic mass is 19.4. The van der Waals surface area contributed by atoms with Crippen LogP contribution < -0.4 is 5.32 Å². The van der Waals surface area contributed by atoms with Gasteiger partial charge in [-0.05, 0) is 30.0 Å². The molecule has 1 unspecified atom stereocenters. The summed E-state index contributed by atoms with van der Waals surface area (Å²) in [5, 5.41) is 10.1. The number of amides is 1. The third-order valence-corrected chi connectivity index (χ3v) is 5.18. The highest BCUT2D eigenvalue weighted by molar-refractivity contribution is 5.76. The molecule has 33 heavy (non-hydrogen) atoms. The average Bonchev–Trinajstić information content (AvgIpc) is 3.12. The Morgan fingerprint density at radius 1 is 1.15 bits per heavy atom. The molecule has 0 aliphatic carbocycles. The molecule has 1 atom stereocenters. The van der Waals surface area contributed by atoms with E-state index < -0.39 is 12.1 Å². The van der Waals surface area contributed by atoms with Gasteiger partial charge in [-0.15, -0.1) is 0 Å². The normalized spacial score (nSPS) is 16.2. The third kappa shape index (κ3) is 9.67. The lowest BCUT2D eigenvalue weighted by atomic mass is 10.0. The monoisotopic (exact) mass is 469 g/mol. The van der Waals surface area contributed by atoms with Crippen LogP contribution in [0.15, 0.2) is 48.7 Å². The minimum Gasteiger partial charge on any atom is -0.475 e. The number of hydrogen-bond acceptors (Lipinski definition) is 4. The number of carbonyl (C=O) groups is 2. The summed E-state index contributed by atoms with van der Waals surface area (Å²) in [5.74, 6) is -2.32. The topological polar surface area (TPSA) is 83.8 Å². The summed E-state index contributed by atoms with van der Waals surface area (Å²) in [6, 6.07) is 14.9. The van der Waals surface area contributed by atoms with Crippen LogP contribution in [0.2, 0.25) is 0 Å². The fraction of sp³-hybridized carbons (Fsp3) is 0.478. The molecule has 3 rings (SSSR count). The van der Waals surface area contributed by atoms with Crippen LogP contribution in [0.1, 0.15) is 17.7 Å². The van der Waals surface area contributed by atoms with E-state index in [4.69, 9.17) is 14.6 Å². The summed E-state index contributed by atoms with van der Waals surface area (Å²) in [6.07, 6.45) is -1.36. The lowest BCUT2D eigenvalue weighted by molar-refractivity contribution is -0.192. The van der Waals surface area contributed by atoms with E-state index in [0.29, 0.717) is 25.5 Å². The molecule has 0 saturated carbocycles. The number of methoxy groups -OCH3 is 1. The van der Waals surface area contributed by atoms with Crippen LogP contribution in [-0.2, 0) is 33.8 Å². The van der Waals surface area contributed by atoms with E-state index in [0.717, 1.165) is 32.6 Å². The number of carbonyl (C=O) groups excluding carboxylic acids is 1. The van der Waals surface area contributed by atoms with Crippen LogP contribution in [0.3, 0.4) is 0 Å². The molecule has 0 spiro atoms. The Bertz CT molecular complexity index is 871. The SMILES string of the molecule is COCCNC(=O)CC1CN(CCc2ccccc2)Cc2cccn2C1.O=C(O)C(F)(F)F. The maximum atomic E-state index is 12.2. The van der Waals surface area contributed by atoms with Gasteiger partial charge in [0.1, 0.15) is 0 Å². The Balaban J connectivity index is 0.000000479. The Morgan fingerprint density at radius 3 is 2.48 bits per heavy atom. The van der Waals surface area contributed by atoms with E-state index >= 15 is 0 Å². The highest BCUT2D eigenvalue weighted by Crippen LogP contribution is 2.20. The number of nitrogens with zero attached hydrogens (tertiary/aromatic N) is 2. The van der Waals surface area contributed by atoms with Crippen molar-refractivity contribution in [3.8, 4) is 0 Å². The van der Waals surface area contributed by atoms with Gasteiger partial charge >= 0.3 is 12.1 Å². The second kappa shape index (κ2) is 13.0. The van der Waals surface area contributed by atoms with Gasteiger partial charge in [0.05, 0.1) is 6.61 Å². The predicted octanol–water partition coefficient (Wildman–Crippen LogP) is 2.95. The van der Waals surface area contributed by atoms with Crippen molar-refractivity contribution in [1.82, 2.24) is 14.8 Å². The number of alkyl halides is 3. The van der Waals surface area contributed by atoms with Crippen molar-refractivity contribution in [3.05, 3.63) is 59.9 Å². The van der Waals surface area contributed by atoms with Crippen LogP contribution >= 0.6 is 0 Å². The first-order chi connectivity index (χ1) is 15.7. The summed E-state index contributed by atoms with van der Waals surface area (Å²) in [7, 11) is 1.65. The Labute approximate surface area is 191 Å². The standard InChI is InChI=1S/C21H29N3O2.C2HF3O2/c1-26-13-10-22-21(25)14-19-15-23(12-9-18-6-3-2-4-7-18)17-20-8-5-11-24(20)16-19;3-2(4,5)1(6)7/h2-8,11,19H,9-10,12-17H2,1H3,(H,22,25);(H,6,7). The lowest BCUT2D eigenvalue weighted by Gasteiger charge is -2.23. The zero-order valence-corrected chi connectivity index (χ0v) is 18.6. The smallest absolute Gasteiger partial charge is 0.475 e.